The van der Waals surface area contributed by atoms with Gasteiger partial charge in [0.1, 0.15) is 6.33 Å². The predicted octanol–water partition coefficient (Wildman–Crippen LogP) is 1.37. The van der Waals surface area contributed by atoms with E-state index in [0.717, 1.165) is 24.9 Å². The third-order valence-electron chi connectivity index (χ3n) is 4.33. The van der Waals surface area contributed by atoms with Crippen LogP contribution in [0.1, 0.15) is 23.2 Å². The minimum Gasteiger partial charge on any atom is -0.334 e. The Balaban J connectivity index is 1.50. The van der Waals surface area contributed by atoms with E-state index in [-0.39, 0.29) is 11.9 Å². The van der Waals surface area contributed by atoms with Gasteiger partial charge in [-0.1, -0.05) is 17.3 Å². The Morgan fingerprint density at radius 1 is 1.29 bits per heavy atom. The maximum atomic E-state index is 12.8. The van der Waals surface area contributed by atoms with Crippen molar-refractivity contribution in [2.45, 2.75) is 25.4 Å². The van der Waals surface area contributed by atoms with Crippen molar-refractivity contribution in [3.63, 3.8) is 0 Å². The van der Waals surface area contributed by atoms with Crippen LogP contribution in [0.4, 0.5) is 0 Å². The van der Waals surface area contributed by atoms with E-state index in [1.165, 1.54) is 6.33 Å². The number of nitrogens with one attached hydrogen (secondary N) is 1. The first-order chi connectivity index (χ1) is 11.8. The average molecular weight is 323 g/mol. The van der Waals surface area contributed by atoms with E-state index in [2.05, 4.69) is 25.5 Å². The molecule has 0 saturated carbocycles. The van der Waals surface area contributed by atoms with Gasteiger partial charge < -0.3 is 4.90 Å². The molecule has 1 aliphatic heterocycles. The molecular formula is C16H17N7O. The van der Waals surface area contributed by atoms with Gasteiger partial charge in [0.2, 0.25) is 0 Å². The molecule has 8 heteroatoms. The fourth-order valence-corrected chi connectivity index (χ4v) is 3.12. The number of amides is 1. The molecule has 1 aliphatic rings. The standard InChI is InChI=1S/C16H17N7O/c24-16(13-5-3-12(4-6-13)15-17-11-19-20-15)23-8-1-2-14(23)10-22-9-7-18-21-22/h3-7,9,11,14H,1-2,8,10H2,(H,17,19,20)/t14-/m0/s1. The Morgan fingerprint density at radius 3 is 2.88 bits per heavy atom. The van der Waals surface area contributed by atoms with Gasteiger partial charge in [-0.25, -0.2) is 4.98 Å². The quantitative estimate of drug-likeness (QED) is 0.783. The van der Waals surface area contributed by atoms with Crippen molar-refractivity contribution in [1.29, 1.82) is 0 Å². The molecule has 1 N–H and O–H groups in total. The number of hydrogen-bond donors (Lipinski definition) is 1. The van der Waals surface area contributed by atoms with E-state index >= 15 is 0 Å². The molecule has 8 nitrogen and oxygen atoms in total. The number of nitrogens with zero attached hydrogens (tertiary/aromatic N) is 6. The van der Waals surface area contributed by atoms with Gasteiger partial charge in [0.05, 0.1) is 18.8 Å². The van der Waals surface area contributed by atoms with E-state index in [1.54, 1.807) is 10.9 Å². The lowest BCUT2D eigenvalue weighted by Crippen LogP contribution is -2.38. The maximum Gasteiger partial charge on any atom is 0.254 e. The molecule has 0 unspecified atom stereocenters. The van der Waals surface area contributed by atoms with Gasteiger partial charge in [-0.05, 0) is 25.0 Å². The minimum absolute atomic E-state index is 0.0572. The van der Waals surface area contributed by atoms with Gasteiger partial charge in [0.15, 0.2) is 5.82 Å². The van der Waals surface area contributed by atoms with Crippen LogP contribution in [0.5, 0.6) is 0 Å². The normalized spacial score (nSPS) is 17.3. The molecule has 0 radical (unpaired) electrons. The van der Waals surface area contributed by atoms with Crippen LogP contribution >= 0.6 is 0 Å². The first-order valence-corrected chi connectivity index (χ1v) is 7.92. The van der Waals surface area contributed by atoms with Gasteiger partial charge in [-0.3, -0.25) is 14.6 Å². The number of carbonyl (C=O) groups excluding carboxylic acids is 1. The number of carbonyl (C=O) groups is 1. The van der Waals surface area contributed by atoms with E-state index in [0.29, 0.717) is 17.9 Å². The molecule has 4 rings (SSSR count). The molecule has 3 heterocycles. The second-order valence-electron chi connectivity index (χ2n) is 5.83. The zero-order valence-electron chi connectivity index (χ0n) is 13.0. The fourth-order valence-electron chi connectivity index (χ4n) is 3.12. The molecule has 1 atom stereocenters. The highest BCUT2D eigenvalue weighted by molar-refractivity contribution is 5.95. The van der Waals surface area contributed by atoms with Crippen LogP contribution in [0, 0.1) is 0 Å². The third kappa shape index (κ3) is 2.78. The molecule has 122 valence electrons. The van der Waals surface area contributed by atoms with Crippen LogP contribution < -0.4 is 0 Å². The number of benzene rings is 1. The SMILES string of the molecule is O=C(c1ccc(-c2ncn[nH]2)cc1)N1CCC[C@H]1Cn1ccnn1. The second-order valence-corrected chi connectivity index (χ2v) is 5.83. The molecule has 2 aromatic heterocycles. The molecule has 24 heavy (non-hydrogen) atoms. The minimum atomic E-state index is 0.0572. The van der Waals surface area contributed by atoms with Gasteiger partial charge in [-0.15, -0.1) is 5.10 Å². The van der Waals surface area contributed by atoms with Crippen LogP contribution in [-0.2, 0) is 6.54 Å². The Hall–Kier alpha value is -3.03. The van der Waals surface area contributed by atoms with Crippen LogP contribution in [0.3, 0.4) is 0 Å². The Morgan fingerprint density at radius 2 is 2.17 bits per heavy atom. The van der Waals surface area contributed by atoms with Gasteiger partial charge in [-0.2, -0.15) is 5.10 Å². The zero-order valence-corrected chi connectivity index (χ0v) is 13.0. The largest absolute Gasteiger partial charge is 0.334 e. The molecular weight excluding hydrogens is 306 g/mol. The van der Waals surface area contributed by atoms with Crippen molar-refractivity contribution >= 4 is 5.91 Å². The van der Waals surface area contributed by atoms with Crippen molar-refractivity contribution in [2.24, 2.45) is 0 Å². The summed E-state index contributed by atoms with van der Waals surface area (Å²) < 4.78 is 1.78. The number of aromatic nitrogens is 6. The van der Waals surface area contributed by atoms with Crippen molar-refractivity contribution in [3.05, 3.63) is 48.5 Å². The first-order valence-electron chi connectivity index (χ1n) is 7.92. The highest BCUT2D eigenvalue weighted by Gasteiger charge is 2.29. The van der Waals surface area contributed by atoms with E-state index in [1.807, 2.05) is 35.4 Å². The van der Waals surface area contributed by atoms with E-state index in [9.17, 15) is 4.79 Å². The number of aromatic amines is 1. The van der Waals surface area contributed by atoms with Gasteiger partial charge >= 0.3 is 0 Å². The van der Waals surface area contributed by atoms with Crippen LogP contribution in [0.2, 0.25) is 0 Å². The summed E-state index contributed by atoms with van der Waals surface area (Å²) in [6.45, 7) is 1.46. The Kier molecular flexibility index (Phi) is 3.78. The number of hydrogen-bond acceptors (Lipinski definition) is 5. The van der Waals surface area contributed by atoms with Crippen molar-refractivity contribution in [2.75, 3.05) is 6.54 Å². The van der Waals surface area contributed by atoms with Gasteiger partial charge in [0.25, 0.3) is 5.91 Å². The molecule has 3 aromatic rings. The summed E-state index contributed by atoms with van der Waals surface area (Å²) in [7, 11) is 0. The first kappa shape index (κ1) is 14.6. The maximum absolute atomic E-state index is 12.8. The summed E-state index contributed by atoms with van der Waals surface area (Å²) >= 11 is 0. The van der Waals surface area contributed by atoms with E-state index in [4.69, 9.17) is 0 Å². The summed E-state index contributed by atoms with van der Waals surface area (Å²) in [5.74, 6) is 0.751. The second kappa shape index (κ2) is 6.23. The summed E-state index contributed by atoms with van der Waals surface area (Å²) in [5, 5.41) is 14.5. The molecule has 0 spiro atoms. The van der Waals surface area contributed by atoms with Crippen LogP contribution in [0.25, 0.3) is 11.4 Å². The zero-order chi connectivity index (χ0) is 16.4. The third-order valence-corrected chi connectivity index (χ3v) is 4.33. The number of rotatable bonds is 4. The summed E-state index contributed by atoms with van der Waals surface area (Å²) in [6, 6.07) is 7.61. The predicted molar refractivity (Wildman–Crippen MR) is 85.9 cm³/mol. The van der Waals surface area contributed by atoms with Crippen molar-refractivity contribution in [3.8, 4) is 11.4 Å². The highest BCUT2D eigenvalue weighted by Crippen LogP contribution is 2.22. The molecule has 1 fully saturated rings. The summed E-state index contributed by atoms with van der Waals surface area (Å²) in [6.07, 6.45) is 6.95. The van der Waals surface area contributed by atoms with Crippen LogP contribution in [-0.4, -0.2) is 53.6 Å². The number of H-pyrrole nitrogens is 1. The summed E-state index contributed by atoms with van der Waals surface area (Å²) in [5.41, 5.74) is 1.59. The average Bonchev–Trinajstić information content (AvgIpc) is 3.37. The molecule has 1 aromatic carbocycles. The lowest BCUT2D eigenvalue weighted by molar-refractivity contribution is 0.0721. The van der Waals surface area contributed by atoms with Crippen LogP contribution in [0.15, 0.2) is 43.0 Å². The topological polar surface area (TPSA) is 92.6 Å². The smallest absolute Gasteiger partial charge is 0.254 e. The lowest BCUT2D eigenvalue weighted by atomic mass is 10.1. The summed E-state index contributed by atoms with van der Waals surface area (Å²) in [4.78, 5) is 18.9. The number of likely N-dealkylation sites (tertiary alicyclic amines) is 1. The fraction of sp³-hybridized carbons (Fsp3) is 0.312. The van der Waals surface area contributed by atoms with Crippen molar-refractivity contribution < 1.29 is 4.79 Å². The molecule has 1 saturated heterocycles. The highest BCUT2D eigenvalue weighted by atomic mass is 16.2. The Bertz CT molecular complexity index is 796. The monoisotopic (exact) mass is 323 g/mol. The molecule has 1 amide bonds. The lowest BCUT2D eigenvalue weighted by Gasteiger charge is -2.24. The molecule has 0 aliphatic carbocycles. The Labute approximate surface area is 138 Å². The van der Waals surface area contributed by atoms with E-state index < -0.39 is 0 Å². The molecule has 0 bridgehead atoms. The van der Waals surface area contributed by atoms with Crippen molar-refractivity contribution in [1.82, 2.24) is 35.1 Å². The van der Waals surface area contributed by atoms with Gasteiger partial charge in [0, 0.05) is 23.9 Å².